The van der Waals surface area contributed by atoms with E-state index in [-0.39, 0.29) is 24.7 Å². The van der Waals surface area contributed by atoms with Gasteiger partial charge in [-0.2, -0.15) is 11.8 Å². The summed E-state index contributed by atoms with van der Waals surface area (Å²) < 4.78 is 0. The van der Waals surface area contributed by atoms with E-state index in [0.29, 0.717) is 18.6 Å². The second kappa shape index (κ2) is 15.5. The van der Waals surface area contributed by atoms with Crippen LogP contribution >= 0.6 is 11.8 Å². The van der Waals surface area contributed by atoms with Crippen molar-refractivity contribution in [2.45, 2.75) is 77.5 Å². The standard InChI is InChI=1S/C21H39N5O6S/c1-6-12(4)17(21(31)32)26-20(30)16(11(2)3)25-19(29)14(7-8-15(23)27)24-18(28)13(22)9-10-33-5/h11-14,16-17H,6-10,22H2,1-5H3,(H2,23,27)(H,24,28)(H,25,29)(H,26,30)(H,31,32). The average molecular weight is 490 g/mol. The van der Waals surface area contributed by atoms with E-state index >= 15 is 0 Å². The van der Waals surface area contributed by atoms with Crippen molar-refractivity contribution in [3.63, 3.8) is 0 Å². The molecule has 8 N–H and O–H groups in total. The summed E-state index contributed by atoms with van der Waals surface area (Å²) in [7, 11) is 0. The molecule has 4 amide bonds. The quantitative estimate of drug-likeness (QED) is 0.168. The van der Waals surface area contributed by atoms with Crippen molar-refractivity contribution in [3.8, 4) is 0 Å². The molecule has 33 heavy (non-hydrogen) atoms. The summed E-state index contributed by atoms with van der Waals surface area (Å²) in [6, 6.07) is -4.14. The van der Waals surface area contributed by atoms with E-state index in [2.05, 4.69) is 16.0 Å². The number of carboxylic acid groups (broad SMARTS) is 1. The molecule has 190 valence electrons. The van der Waals surface area contributed by atoms with Gasteiger partial charge in [-0.1, -0.05) is 34.1 Å². The number of amides is 4. The number of nitrogens with one attached hydrogen (secondary N) is 3. The zero-order valence-electron chi connectivity index (χ0n) is 20.1. The van der Waals surface area contributed by atoms with Crippen LogP contribution in [0.25, 0.3) is 0 Å². The SMILES string of the molecule is CCC(C)C(NC(=O)C(NC(=O)C(CCC(N)=O)NC(=O)C(N)CCSC)C(C)C)C(=O)O. The highest BCUT2D eigenvalue weighted by molar-refractivity contribution is 7.98. The van der Waals surface area contributed by atoms with Gasteiger partial charge < -0.3 is 32.5 Å². The van der Waals surface area contributed by atoms with E-state index in [9.17, 15) is 29.1 Å². The number of carbonyl (C=O) groups excluding carboxylic acids is 4. The largest absolute Gasteiger partial charge is 0.480 e. The number of carboxylic acids is 1. The second-order valence-electron chi connectivity index (χ2n) is 8.39. The lowest BCUT2D eigenvalue weighted by Gasteiger charge is -2.28. The third kappa shape index (κ3) is 11.4. The predicted molar refractivity (Wildman–Crippen MR) is 127 cm³/mol. The average Bonchev–Trinajstić information content (AvgIpc) is 2.74. The minimum atomic E-state index is -1.17. The fourth-order valence-corrected chi connectivity index (χ4v) is 3.41. The minimum absolute atomic E-state index is 0.0702. The van der Waals surface area contributed by atoms with Gasteiger partial charge in [0, 0.05) is 6.42 Å². The highest BCUT2D eigenvalue weighted by atomic mass is 32.2. The van der Waals surface area contributed by atoms with Crippen LogP contribution in [0.2, 0.25) is 0 Å². The van der Waals surface area contributed by atoms with Crippen LogP contribution in [-0.2, 0) is 24.0 Å². The molecule has 0 bridgehead atoms. The second-order valence-corrected chi connectivity index (χ2v) is 9.38. The zero-order chi connectivity index (χ0) is 25.7. The molecule has 0 radical (unpaired) electrons. The zero-order valence-corrected chi connectivity index (χ0v) is 20.9. The first-order valence-corrected chi connectivity index (χ1v) is 12.4. The maximum Gasteiger partial charge on any atom is 0.326 e. The van der Waals surface area contributed by atoms with Gasteiger partial charge in [-0.15, -0.1) is 0 Å². The molecule has 0 saturated heterocycles. The van der Waals surface area contributed by atoms with Crippen LogP contribution in [-0.4, -0.2) is 70.9 Å². The van der Waals surface area contributed by atoms with Crippen molar-refractivity contribution >= 4 is 41.4 Å². The maximum atomic E-state index is 12.9. The molecule has 0 aliphatic heterocycles. The van der Waals surface area contributed by atoms with Crippen LogP contribution in [0.5, 0.6) is 0 Å². The molecular formula is C21H39N5O6S. The Balaban J connectivity index is 5.48. The summed E-state index contributed by atoms with van der Waals surface area (Å²) in [6.45, 7) is 6.90. The maximum absolute atomic E-state index is 12.9. The molecule has 0 fully saturated rings. The molecule has 0 aromatic rings. The van der Waals surface area contributed by atoms with Crippen LogP contribution in [0.4, 0.5) is 0 Å². The van der Waals surface area contributed by atoms with Gasteiger partial charge in [0.1, 0.15) is 18.1 Å². The lowest BCUT2D eigenvalue weighted by Crippen LogP contribution is -2.59. The van der Waals surface area contributed by atoms with Crippen LogP contribution in [0, 0.1) is 11.8 Å². The van der Waals surface area contributed by atoms with Gasteiger partial charge in [0.15, 0.2) is 0 Å². The molecule has 0 saturated carbocycles. The van der Waals surface area contributed by atoms with Gasteiger partial charge in [0.25, 0.3) is 0 Å². The molecular weight excluding hydrogens is 450 g/mol. The smallest absolute Gasteiger partial charge is 0.326 e. The number of aliphatic carboxylic acids is 1. The highest BCUT2D eigenvalue weighted by Crippen LogP contribution is 2.11. The minimum Gasteiger partial charge on any atom is -0.480 e. The first-order chi connectivity index (χ1) is 15.3. The van der Waals surface area contributed by atoms with E-state index in [1.807, 2.05) is 13.2 Å². The number of rotatable bonds is 16. The van der Waals surface area contributed by atoms with Crippen molar-refractivity contribution in [2.24, 2.45) is 23.3 Å². The Morgan fingerprint density at radius 1 is 0.909 bits per heavy atom. The number of hydrogen-bond acceptors (Lipinski definition) is 7. The summed E-state index contributed by atoms with van der Waals surface area (Å²) in [6.07, 6.45) is 2.58. The Bertz CT molecular complexity index is 690. The molecule has 0 spiro atoms. The van der Waals surface area contributed by atoms with E-state index in [1.54, 1.807) is 20.8 Å². The van der Waals surface area contributed by atoms with E-state index < -0.39 is 53.8 Å². The van der Waals surface area contributed by atoms with Gasteiger partial charge in [-0.3, -0.25) is 19.2 Å². The fourth-order valence-electron chi connectivity index (χ4n) is 2.93. The monoisotopic (exact) mass is 489 g/mol. The first kappa shape index (κ1) is 30.7. The van der Waals surface area contributed by atoms with Crippen LogP contribution < -0.4 is 27.4 Å². The van der Waals surface area contributed by atoms with Gasteiger partial charge in [-0.05, 0) is 36.7 Å². The van der Waals surface area contributed by atoms with Gasteiger partial charge >= 0.3 is 5.97 Å². The van der Waals surface area contributed by atoms with Crippen LogP contribution in [0.15, 0.2) is 0 Å². The molecule has 11 nitrogen and oxygen atoms in total. The van der Waals surface area contributed by atoms with Crippen molar-refractivity contribution in [3.05, 3.63) is 0 Å². The summed E-state index contributed by atoms with van der Waals surface area (Å²) in [5, 5.41) is 17.0. The number of hydrogen-bond donors (Lipinski definition) is 6. The normalized spacial score (nSPS) is 15.6. The summed E-state index contributed by atoms with van der Waals surface area (Å²) in [5.41, 5.74) is 11.1. The van der Waals surface area contributed by atoms with E-state index in [4.69, 9.17) is 11.5 Å². The molecule has 0 aliphatic carbocycles. The van der Waals surface area contributed by atoms with Crippen molar-refractivity contribution in [2.75, 3.05) is 12.0 Å². The molecule has 5 atom stereocenters. The molecule has 0 rings (SSSR count). The molecule has 5 unspecified atom stereocenters. The number of carbonyl (C=O) groups is 5. The van der Waals surface area contributed by atoms with Crippen LogP contribution in [0.3, 0.4) is 0 Å². The Labute approximate surface area is 199 Å². The Morgan fingerprint density at radius 2 is 1.48 bits per heavy atom. The van der Waals surface area contributed by atoms with Gasteiger partial charge in [-0.25, -0.2) is 4.79 Å². The first-order valence-electron chi connectivity index (χ1n) is 11.0. The number of thioether (sulfide) groups is 1. The van der Waals surface area contributed by atoms with Gasteiger partial charge in [0.05, 0.1) is 6.04 Å². The topological polar surface area (TPSA) is 194 Å². The summed E-state index contributed by atoms with van der Waals surface area (Å²) >= 11 is 1.53. The summed E-state index contributed by atoms with van der Waals surface area (Å²) in [5.74, 6) is -3.75. The lowest BCUT2D eigenvalue weighted by molar-refractivity contribution is -0.144. The Hall–Kier alpha value is -2.34. The number of nitrogens with two attached hydrogens (primary N) is 2. The van der Waals surface area contributed by atoms with Crippen molar-refractivity contribution < 1.29 is 29.1 Å². The van der Waals surface area contributed by atoms with Crippen LogP contribution in [0.1, 0.15) is 53.4 Å². The molecule has 0 heterocycles. The number of primary amides is 1. The predicted octanol–water partition coefficient (Wildman–Crippen LogP) is -0.427. The Morgan fingerprint density at radius 3 is 1.94 bits per heavy atom. The van der Waals surface area contributed by atoms with Gasteiger partial charge in [0.2, 0.25) is 23.6 Å². The lowest BCUT2D eigenvalue weighted by atomic mass is 9.97. The van der Waals surface area contributed by atoms with E-state index in [0.717, 1.165) is 0 Å². The Kier molecular flexibility index (Phi) is 14.4. The molecule has 0 aromatic heterocycles. The third-order valence-electron chi connectivity index (χ3n) is 5.31. The van der Waals surface area contributed by atoms with Crippen molar-refractivity contribution in [1.82, 2.24) is 16.0 Å². The fraction of sp³-hybridized carbons (Fsp3) is 0.762. The summed E-state index contributed by atoms with van der Waals surface area (Å²) in [4.78, 5) is 61.0. The third-order valence-corrected chi connectivity index (χ3v) is 5.95. The van der Waals surface area contributed by atoms with Crippen molar-refractivity contribution in [1.29, 1.82) is 0 Å². The van der Waals surface area contributed by atoms with E-state index in [1.165, 1.54) is 11.8 Å². The molecule has 12 heteroatoms. The molecule has 0 aliphatic rings. The molecule has 0 aromatic carbocycles. The highest BCUT2D eigenvalue weighted by Gasteiger charge is 2.33.